The standard InChI is InChI=1S/C18H18Cl2N2O/c1-12-2-4-13(5-3-12)18(8-9-18)11-21-17(23)22-16-7-6-14(19)10-15(16)20/h2-7,10H,8-9,11H2,1H3,(H2,21,22,23). The van der Waals surface area contributed by atoms with Crippen LogP contribution in [0.3, 0.4) is 0 Å². The van der Waals surface area contributed by atoms with Crippen molar-refractivity contribution in [2.75, 3.05) is 11.9 Å². The molecule has 1 aliphatic carbocycles. The van der Waals surface area contributed by atoms with Gasteiger partial charge in [-0.1, -0.05) is 53.0 Å². The van der Waals surface area contributed by atoms with Crippen molar-refractivity contribution < 1.29 is 4.79 Å². The number of halogens is 2. The van der Waals surface area contributed by atoms with Crippen LogP contribution in [0.2, 0.25) is 10.0 Å². The van der Waals surface area contributed by atoms with Crippen molar-refractivity contribution in [1.29, 1.82) is 0 Å². The van der Waals surface area contributed by atoms with E-state index in [0.29, 0.717) is 22.3 Å². The zero-order valence-electron chi connectivity index (χ0n) is 12.8. The second-order valence-corrected chi connectivity index (χ2v) is 6.92. The monoisotopic (exact) mass is 348 g/mol. The molecule has 2 aromatic carbocycles. The van der Waals surface area contributed by atoms with Crippen LogP contribution < -0.4 is 10.6 Å². The summed E-state index contributed by atoms with van der Waals surface area (Å²) in [6, 6.07) is 13.3. The Morgan fingerprint density at radius 2 is 1.83 bits per heavy atom. The molecule has 1 fully saturated rings. The molecule has 5 heteroatoms. The van der Waals surface area contributed by atoms with Gasteiger partial charge in [0.2, 0.25) is 0 Å². The summed E-state index contributed by atoms with van der Waals surface area (Å²) in [5, 5.41) is 6.67. The molecule has 3 nitrogen and oxygen atoms in total. The van der Waals surface area contributed by atoms with Crippen molar-refractivity contribution in [3.63, 3.8) is 0 Å². The number of aryl methyl sites for hydroxylation is 1. The van der Waals surface area contributed by atoms with Crippen LogP contribution in [0.15, 0.2) is 42.5 Å². The lowest BCUT2D eigenvalue weighted by atomic mass is 9.95. The maximum atomic E-state index is 12.1. The Kier molecular flexibility index (Phi) is 4.51. The van der Waals surface area contributed by atoms with E-state index in [1.807, 2.05) is 0 Å². The topological polar surface area (TPSA) is 41.1 Å². The van der Waals surface area contributed by atoms with Crippen LogP contribution in [0.1, 0.15) is 24.0 Å². The molecule has 0 aliphatic heterocycles. The minimum absolute atomic E-state index is 0.0782. The van der Waals surface area contributed by atoms with E-state index in [1.54, 1.807) is 18.2 Å². The average Bonchev–Trinajstić information content (AvgIpc) is 3.30. The van der Waals surface area contributed by atoms with Crippen LogP contribution in [-0.4, -0.2) is 12.6 Å². The van der Waals surface area contributed by atoms with E-state index in [4.69, 9.17) is 23.2 Å². The minimum Gasteiger partial charge on any atom is -0.337 e. The second-order valence-electron chi connectivity index (χ2n) is 6.08. The first kappa shape index (κ1) is 16.2. The van der Waals surface area contributed by atoms with Gasteiger partial charge in [0.25, 0.3) is 0 Å². The van der Waals surface area contributed by atoms with E-state index in [1.165, 1.54) is 11.1 Å². The van der Waals surface area contributed by atoms with E-state index in [0.717, 1.165) is 12.8 Å². The van der Waals surface area contributed by atoms with Crippen molar-refractivity contribution in [1.82, 2.24) is 5.32 Å². The fourth-order valence-corrected chi connectivity index (χ4v) is 3.09. The second kappa shape index (κ2) is 6.42. The van der Waals surface area contributed by atoms with Gasteiger partial charge in [0.05, 0.1) is 10.7 Å². The molecule has 23 heavy (non-hydrogen) atoms. The molecule has 120 valence electrons. The van der Waals surface area contributed by atoms with Crippen LogP contribution in [0.4, 0.5) is 10.5 Å². The fraction of sp³-hybridized carbons (Fsp3) is 0.278. The highest BCUT2D eigenvalue weighted by Gasteiger charge is 2.44. The molecule has 2 amide bonds. The Bertz CT molecular complexity index is 724. The number of rotatable bonds is 4. The Morgan fingerprint density at radius 1 is 1.13 bits per heavy atom. The van der Waals surface area contributed by atoms with Gasteiger partial charge in [0.1, 0.15) is 0 Å². The van der Waals surface area contributed by atoms with Crippen molar-refractivity contribution in [2.45, 2.75) is 25.2 Å². The van der Waals surface area contributed by atoms with E-state index in [2.05, 4.69) is 41.8 Å². The number of hydrogen-bond donors (Lipinski definition) is 2. The summed E-state index contributed by atoms with van der Waals surface area (Å²) in [6.45, 7) is 2.69. The van der Waals surface area contributed by atoms with Crippen LogP contribution in [0, 0.1) is 6.92 Å². The van der Waals surface area contributed by atoms with Gasteiger partial charge in [-0.05, 0) is 43.5 Å². The first-order valence-electron chi connectivity index (χ1n) is 7.56. The van der Waals surface area contributed by atoms with Gasteiger partial charge in [-0.25, -0.2) is 4.79 Å². The summed E-state index contributed by atoms with van der Waals surface area (Å²) in [5.41, 5.74) is 3.16. The Morgan fingerprint density at radius 3 is 2.43 bits per heavy atom. The molecular weight excluding hydrogens is 331 g/mol. The lowest BCUT2D eigenvalue weighted by Crippen LogP contribution is -2.35. The highest BCUT2D eigenvalue weighted by molar-refractivity contribution is 6.36. The van der Waals surface area contributed by atoms with Crippen molar-refractivity contribution in [2.24, 2.45) is 0 Å². The van der Waals surface area contributed by atoms with E-state index >= 15 is 0 Å². The summed E-state index contributed by atoms with van der Waals surface area (Å²) in [5.74, 6) is 0. The number of benzene rings is 2. The summed E-state index contributed by atoms with van der Waals surface area (Å²) >= 11 is 11.9. The van der Waals surface area contributed by atoms with Crippen LogP contribution in [0.5, 0.6) is 0 Å². The number of nitrogens with one attached hydrogen (secondary N) is 2. The number of anilines is 1. The van der Waals surface area contributed by atoms with Crippen LogP contribution in [0.25, 0.3) is 0 Å². The number of urea groups is 1. The quantitative estimate of drug-likeness (QED) is 0.787. The van der Waals surface area contributed by atoms with E-state index in [-0.39, 0.29) is 11.4 Å². The number of carbonyl (C=O) groups excluding carboxylic acids is 1. The molecule has 0 unspecified atom stereocenters. The molecule has 3 rings (SSSR count). The zero-order chi connectivity index (χ0) is 16.4. The van der Waals surface area contributed by atoms with Crippen molar-refractivity contribution in [3.05, 3.63) is 63.6 Å². The predicted molar refractivity (Wildman–Crippen MR) is 95.6 cm³/mol. The molecule has 0 radical (unpaired) electrons. The SMILES string of the molecule is Cc1ccc(C2(CNC(=O)Nc3ccc(Cl)cc3Cl)CC2)cc1. The summed E-state index contributed by atoms with van der Waals surface area (Å²) in [7, 11) is 0. The normalized spacial score (nSPS) is 15.1. The van der Waals surface area contributed by atoms with Crippen LogP contribution in [-0.2, 0) is 5.41 Å². The van der Waals surface area contributed by atoms with Crippen molar-refractivity contribution in [3.8, 4) is 0 Å². The van der Waals surface area contributed by atoms with E-state index in [9.17, 15) is 4.79 Å². The van der Waals surface area contributed by atoms with E-state index < -0.39 is 0 Å². The predicted octanol–water partition coefficient (Wildman–Crippen LogP) is 5.16. The molecular formula is C18H18Cl2N2O. The highest BCUT2D eigenvalue weighted by Crippen LogP contribution is 2.47. The minimum atomic E-state index is -0.257. The van der Waals surface area contributed by atoms with Gasteiger partial charge in [-0.2, -0.15) is 0 Å². The maximum Gasteiger partial charge on any atom is 0.319 e. The summed E-state index contributed by atoms with van der Waals surface area (Å²) < 4.78 is 0. The summed E-state index contributed by atoms with van der Waals surface area (Å²) in [6.07, 6.45) is 2.19. The molecule has 2 aromatic rings. The molecule has 1 saturated carbocycles. The van der Waals surface area contributed by atoms with Crippen LogP contribution >= 0.6 is 23.2 Å². The Labute approximate surface area is 146 Å². The average molecular weight is 349 g/mol. The molecule has 0 spiro atoms. The fourth-order valence-electron chi connectivity index (χ4n) is 2.63. The molecule has 0 bridgehead atoms. The zero-order valence-corrected chi connectivity index (χ0v) is 14.3. The lowest BCUT2D eigenvalue weighted by Gasteiger charge is -2.17. The number of amides is 2. The first-order valence-corrected chi connectivity index (χ1v) is 8.31. The van der Waals surface area contributed by atoms with Gasteiger partial charge >= 0.3 is 6.03 Å². The molecule has 0 aromatic heterocycles. The van der Waals surface area contributed by atoms with Gasteiger partial charge in [-0.3, -0.25) is 0 Å². The molecule has 2 N–H and O–H groups in total. The largest absolute Gasteiger partial charge is 0.337 e. The third-order valence-corrected chi connectivity index (χ3v) is 4.83. The third-order valence-electron chi connectivity index (χ3n) is 4.28. The molecule has 0 saturated heterocycles. The van der Waals surface area contributed by atoms with Gasteiger partial charge in [-0.15, -0.1) is 0 Å². The Balaban J connectivity index is 1.59. The maximum absolute atomic E-state index is 12.1. The molecule has 0 atom stereocenters. The van der Waals surface area contributed by atoms with Gasteiger partial charge in [0.15, 0.2) is 0 Å². The van der Waals surface area contributed by atoms with Gasteiger partial charge < -0.3 is 10.6 Å². The smallest absolute Gasteiger partial charge is 0.319 e. The summed E-state index contributed by atoms with van der Waals surface area (Å²) in [4.78, 5) is 12.1. The van der Waals surface area contributed by atoms with Crippen molar-refractivity contribution >= 4 is 34.9 Å². The number of hydrogen-bond acceptors (Lipinski definition) is 1. The molecule has 1 aliphatic rings. The number of carbonyl (C=O) groups is 1. The first-order chi connectivity index (χ1) is 11.0. The van der Waals surface area contributed by atoms with Gasteiger partial charge in [0, 0.05) is 17.0 Å². The molecule has 0 heterocycles. The Hall–Kier alpha value is -1.71. The highest BCUT2D eigenvalue weighted by atomic mass is 35.5. The lowest BCUT2D eigenvalue weighted by molar-refractivity contribution is 0.251. The third kappa shape index (κ3) is 3.80.